The maximum Gasteiger partial charge on any atom is 0.416 e. The highest BCUT2D eigenvalue weighted by atomic mass is 35.5. The molecule has 112 valence electrons. The highest BCUT2D eigenvalue weighted by Crippen LogP contribution is 2.33. The smallest absolute Gasteiger partial charge is 0.320 e. The van der Waals surface area contributed by atoms with Crippen LogP contribution in [0.25, 0.3) is 0 Å². The molecular formula is C15H12Cl2F3N. The number of alkyl halides is 3. The third-order valence-electron chi connectivity index (χ3n) is 3.23. The van der Waals surface area contributed by atoms with E-state index in [9.17, 15) is 13.2 Å². The molecule has 6 heteroatoms. The van der Waals surface area contributed by atoms with E-state index in [1.54, 1.807) is 25.1 Å². The first-order chi connectivity index (χ1) is 9.70. The van der Waals surface area contributed by atoms with Crippen LogP contribution in [0.4, 0.5) is 13.2 Å². The summed E-state index contributed by atoms with van der Waals surface area (Å²) in [5.41, 5.74) is 7.20. The molecule has 21 heavy (non-hydrogen) atoms. The second-order valence-electron chi connectivity index (χ2n) is 4.72. The maximum atomic E-state index is 12.7. The van der Waals surface area contributed by atoms with Crippen LogP contribution in [0.5, 0.6) is 0 Å². The predicted molar refractivity (Wildman–Crippen MR) is 78.7 cm³/mol. The summed E-state index contributed by atoms with van der Waals surface area (Å²) in [6, 6.07) is 7.87. The van der Waals surface area contributed by atoms with Crippen molar-refractivity contribution in [2.75, 3.05) is 0 Å². The second kappa shape index (κ2) is 5.87. The van der Waals surface area contributed by atoms with Crippen LogP contribution in [-0.4, -0.2) is 0 Å². The molecule has 0 radical (unpaired) electrons. The van der Waals surface area contributed by atoms with Gasteiger partial charge in [-0.1, -0.05) is 35.3 Å². The SMILES string of the molecule is Cc1cc(C(F)(F)F)ccc1C(N)c1ccc(Cl)c(Cl)c1. The van der Waals surface area contributed by atoms with Crippen molar-refractivity contribution in [1.82, 2.24) is 0 Å². The quantitative estimate of drug-likeness (QED) is 0.785. The van der Waals surface area contributed by atoms with Gasteiger partial charge in [-0.25, -0.2) is 0 Å². The van der Waals surface area contributed by atoms with Crippen LogP contribution in [0.3, 0.4) is 0 Å². The molecule has 0 spiro atoms. The monoisotopic (exact) mass is 333 g/mol. The molecule has 0 aliphatic heterocycles. The van der Waals surface area contributed by atoms with Crippen LogP contribution in [-0.2, 0) is 6.18 Å². The Hall–Kier alpha value is -1.23. The van der Waals surface area contributed by atoms with Gasteiger partial charge < -0.3 is 5.73 Å². The van der Waals surface area contributed by atoms with E-state index in [0.29, 0.717) is 26.7 Å². The van der Waals surface area contributed by atoms with Gasteiger partial charge in [0.25, 0.3) is 0 Å². The molecule has 2 aromatic carbocycles. The molecular weight excluding hydrogens is 322 g/mol. The standard InChI is InChI=1S/C15H12Cl2F3N/c1-8-6-10(15(18,19)20)3-4-11(8)14(21)9-2-5-12(16)13(17)7-9/h2-7,14H,21H2,1H3. The Balaban J connectivity index is 2.39. The Kier molecular flexibility index (Phi) is 4.51. The molecule has 2 rings (SSSR count). The number of nitrogens with two attached hydrogens (primary N) is 1. The first kappa shape index (κ1) is 16.1. The second-order valence-corrected chi connectivity index (χ2v) is 5.53. The van der Waals surface area contributed by atoms with E-state index in [1.165, 1.54) is 6.07 Å². The number of halogens is 5. The van der Waals surface area contributed by atoms with Gasteiger partial charge in [-0.05, 0) is 47.9 Å². The third-order valence-corrected chi connectivity index (χ3v) is 3.97. The fourth-order valence-corrected chi connectivity index (χ4v) is 2.39. The molecule has 0 saturated carbocycles. The van der Waals surface area contributed by atoms with Gasteiger partial charge in [0.1, 0.15) is 0 Å². The van der Waals surface area contributed by atoms with Gasteiger partial charge in [0.2, 0.25) is 0 Å². The minimum Gasteiger partial charge on any atom is -0.320 e. The van der Waals surface area contributed by atoms with Crippen molar-refractivity contribution in [2.24, 2.45) is 5.73 Å². The molecule has 2 N–H and O–H groups in total. The molecule has 1 nitrogen and oxygen atoms in total. The van der Waals surface area contributed by atoms with E-state index < -0.39 is 17.8 Å². The van der Waals surface area contributed by atoms with E-state index in [1.807, 2.05) is 0 Å². The van der Waals surface area contributed by atoms with Crippen molar-refractivity contribution in [2.45, 2.75) is 19.1 Å². The average Bonchev–Trinajstić information content (AvgIpc) is 2.40. The van der Waals surface area contributed by atoms with Crippen LogP contribution in [0.15, 0.2) is 36.4 Å². The summed E-state index contributed by atoms with van der Waals surface area (Å²) >= 11 is 11.8. The summed E-state index contributed by atoms with van der Waals surface area (Å²) in [6.07, 6.45) is -4.36. The molecule has 0 aliphatic rings. The zero-order valence-corrected chi connectivity index (χ0v) is 12.5. The zero-order valence-electron chi connectivity index (χ0n) is 11.0. The highest BCUT2D eigenvalue weighted by molar-refractivity contribution is 6.42. The summed E-state index contributed by atoms with van der Waals surface area (Å²) in [4.78, 5) is 0. The van der Waals surface area contributed by atoms with E-state index in [2.05, 4.69) is 0 Å². The fraction of sp³-hybridized carbons (Fsp3) is 0.200. The lowest BCUT2D eigenvalue weighted by atomic mass is 9.94. The lowest BCUT2D eigenvalue weighted by Gasteiger charge is -2.17. The van der Waals surface area contributed by atoms with Gasteiger partial charge in [0.15, 0.2) is 0 Å². The van der Waals surface area contributed by atoms with E-state index >= 15 is 0 Å². The number of aryl methyl sites for hydroxylation is 1. The van der Waals surface area contributed by atoms with Crippen molar-refractivity contribution >= 4 is 23.2 Å². The molecule has 1 unspecified atom stereocenters. The van der Waals surface area contributed by atoms with Crippen molar-refractivity contribution in [3.63, 3.8) is 0 Å². The zero-order chi connectivity index (χ0) is 15.8. The first-order valence-electron chi connectivity index (χ1n) is 6.08. The molecule has 1 atom stereocenters. The summed E-state index contributed by atoms with van der Waals surface area (Å²) in [5, 5.41) is 0.755. The number of hydrogen-bond acceptors (Lipinski definition) is 1. The third kappa shape index (κ3) is 3.51. The molecule has 2 aromatic rings. The van der Waals surface area contributed by atoms with Gasteiger partial charge in [0.05, 0.1) is 21.7 Å². The normalized spacial score (nSPS) is 13.3. The van der Waals surface area contributed by atoms with Crippen LogP contribution in [0.2, 0.25) is 10.0 Å². The number of hydrogen-bond donors (Lipinski definition) is 1. The summed E-state index contributed by atoms with van der Waals surface area (Å²) in [5.74, 6) is 0. The molecule has 0 amide bonds. The minimum atomic E-state index is -4.36. The van der Waals surface area contributed by atoms with E-state index in [0.717, 1.165) is 12.1 Å². The summed E-state index contributed by atoms with van der Waals surface area (Å²) in [6.45, 7) is 1.60. The van der Waals surface area contributed by atoms with Crippen molar-refractivity contribution in [1.29, 1.82) is 0 Å². The Labute approximate surface area is 130 Å². The Morgan fingerprint density at radius 1 is 1.00 bits per heavy atom. The number of rotatable bonds is 2. The lowest BCUT2D eigenvalue weighted by Crippen LogP contribution is -2.14. The van der Waals surface area contributed by atoms with Crippen molar-refractivity contribution in [3.8, 4) is 0 Å². The molecule has 0 aliphatic carbocycles. The van der Waals surface area contributed by atoms with E-state index in [-0.39, 0.29) is 0 Å². The topological polar surface area (TPSA) is 26.0 Å². The number of benzene rings is 2. The molecule has 0 saturated heterocycles. The van der Waals surface area contributed by atoms with Crippen molar-refractivity contribution < 1.29 is 13.2 Å². The lowest BCUT2D eigenvalue weighted by molar-refractivity contribution is -0.137. The van der Waals surface area contributed by atoms with Gasteiger partial charge in [0, 0.05) is 0 Å². The van der Waals surface area contributed by atoms with Gasteiger partial charge >= 0.3 is 6.18 Å². The molecule has 0 aromatic heterocycles. The van der Waals surface area contributed by atoms with Crippen LogP contribution >= 0.6 is 23.2 Å². The minimum absolute atomic E-state index is 0.356. The van der Waals surface area contributed by atoms with Crippen LogP contribution in [0.1, 0.15) is 28.3 Å². The van der Waals surface area contributed by atoms with Gasteiger partial charge in [-0.3, -0.25) is 0 Å². The van der Waals surface area contributed by atoms with Crippen LogP contribution in [0, 0.1) is 6.92 Å². The van der Waals surface area contributed by atoms with Crippen molar-refractivity contribution in [3.05, 3.63) is 68.7 Å². The Bertz CT molecular complexity index is 668. The first-order valence-corrected chi connectivity index (χ1v) is 6.84. The largest absolute Gasteiger partial charge is 0.416 e. The molecule has 0 fully saturated rings. The highest BCUT2D eigenvalue weighted by Gasteiger charge is 2.31. The Morgan fingerprint density at radius 3 is 2.19 bits per heavy atom. The summed E-state index contributed by atoms with van der Waals surface area (Å²) in [7, 11) is 0. The Morgan fingerprint density at radius 2 is 1.67 bits per heavy atom. The molecule has 0 heterocycles. The van der Waals surface area contributed by atoms with Gasteiger partial charge in [-0.15, -0.1) is 0 Å². The van der Waals surface area contributed by atoms with E-state index in [4.69, 9.17) is 28.9 Å². The van der Waals surface area contributed by atoms with Crippen LogP contribution < -0.4 is 5.73 Å². The predicted octanol–water partition coefficient (Wildman–Crippen LogP) is 5.37. The molecule has 0 bridgehead atoms. The van der Waals surface area contributed by atoms with Gasteiger partial charge in [-0.2, -0.15) is 13.2 Å². The summed E-state index contributed by atoms with van der Waals surface area (Å²) < 4.78 is 38.0. The average molecular weight is 334 g/mol. The fourth-order valence-electron chi connectivity index (χ4n) is 2.09. The maximum absolute atomic E-state index is 12.7.